The van der Waals surface area contributed by atoms with E-state index >= 15 is 0 Å². The standard InChI is InChI=1S/C28H33N3O5/c1-19-22(12-7-13-23(19)21-10-5-4-6-11-21)18-36-28-29-26(34-2)24(27(30-28)35-3)17-31-14-8-9-20(16-31)15-25(32)33/h4-7,10-13,20H,8-9,14-18H2,1-3H3,(H,32,33)/t20-/m1/s1. The highest BCUT2D eigenvalue weighted by molar-refractivity contribution is 5.68. The fourth-order valence-corrected chi connectivity index (χ4v) is 4.81. The van der Waals surface area contributed by atoms with Crippen molar-refractivity contribution in [1.29, 1.82) is 0 Å². The molecule has 0 bridgehead atoms. The largest absolute Gasteiger partial charge is 0.481 e. The van der Waals surface area contributed by atoms with E-state index in [9.17, 15) is 4.79 Å². The molecule has 0 radical (unpaired) electrons. The molecule has 0 unspecified atom stereocenters. The zero-order valence-corrected chi connectivity index (χ0v) is 21.1. The minimum absolute atomic E-state index is 0.131. The summed E-state index contributed by atoms with van der Waals surface area (Å²) in [6.45, 7) is 4.48. The summed E-state index contributed by atoms with van der Waals surface area (Å²) in [6.07, 6.45) is 2.05. The van der Waals surface area contributed by atoms with Crippen molar-refractivity contribution in [2.75, 3.05) is 27.3 Å². The molecule has 1 saturated heterocycles. The van der Waals surface area contributed by atoms with E-state index in [-0.39, 0.29) is 18.3 Å². The first-order valence-corrected chi connectivity index (χ1v) is 12.2. The molecule has 4 rings (SSSR count). The number of rotatable bonds is 10. The van der Waals surface area contributed by atoms with Crippen molar-refractivity contribution in [2.24, 2.45) is 5.92 Å². The Bertz CT molecular complexity index is 1160. The predicted molar refractivity (Wildman–Crippen MR) is 136 cm³/mol. The van der Waals surface area contributed by atoms with Crippen LogP contribution in [0.15, 0.2) is 48.5 Å². The summed E-state index contributed by atoms with van der Waals surface area (Å²) in [7, 11) is 3.12. The van der Waals surface area contributed by atoms with Gasteiger partial charge in [0.2, 0.25) is 11.8 Å². The number of hydrogen-bond acceptors (Lipinski definition) is 7. The molecule has 1 fully saturated rings. The molecule has 0 amide bonds. The summed E-state index contributed by atoms with van der Waals surface area (Å²) in [5.41, 5.74) is 5.22. The van der Waals surface area contributed by atoms with Crippen molar-refractivity contribution < 1.29 is 24.1 Å². The normalized spacial score (nSPS) is 15.9. The van der Waals surface area contributed by atoms with Gasteiger partial charge >= 0.3 is 12.0 Å². The van der Waals surface area contributed by atoms with Gasteiger partial charge in [0.1, 0.15) is 6.61 Å². The number of hydrogen-bond donors (Lipinski definition) is 1. The van der Waals surface area contributed by atoms with Crippen molar-refractivity contribution in [3.8, 4) is 28.9 Å². The molecule has 1 aromatic heterocycles. The van der Waals surface area contributed by atoms with Gasteiger partial charge in [-0.15, -0.1) is 0 Å². The van der Waals surface area contributed by atoms with Crippen LogP contribution in [0.2, 0.25) is 0 Å². The molecule has 2 heterocycles. The first-order valence-electron chi connectivity index (χ1n) is 12.2. The Morgan fingerprint density at radius 2 is 1.78 bits per heavy atom. The SMILES string of the molecule is COc1nc(OCc2cccc(-c3ccccc3)c2C)nc(OC)c1CN1CCC[C@H](CC(=O)O)C1. The summed E-state index contributed by atoms with van der Waals surface area (Å²) in [4.78, 5) is 22.4. The molecule has 0 spiro atoms. The number of aliphatic carboxylic acids is 1. The number of ether oxygens (including phenoxy) is 3. The maximum atomic E-state index is 11.2. The highest BCUT2D eigenvalue weighted by Crippen LogP contribution is 2.32. The zero-order valence-electron chi connectivity index (χ0n) is 21.1. The number of carbonyl (C=O) groups is 1. The van der Waals surface area contributed by atoms with Crippen LogP contribution in [-0.4, -0.2) is 53.3 Å². The lowest BCUT2D eigenvalue weighted by molar-refractivity contribution is -0.138. The number of carboxylic acids is 1. The molecule has 8 heteroatoms. The van der Waals surface area contributed by atoms with Crippen LogP contribution in [0.3, 0.4) is 0 Å². The number of methoxy groups -OCH3 is 2. The smallest absolute Gasteiger partial charge is 0.323 e. The fourth-order valence-electron chi connectivity index (χ4n) is 4.81. The van der Waals surface area contributed by atoms with Gasteiger partial charge in [0.15, 0.2) is 0 Å². The zero-order chi connectivity index (χ0) is 25.5. The van der Waals surface area contributed by atoms with Crippen LogP contribution < -0.4 is 14.2 Å². The molecule has 1 atom stereocenters. The van der Waals surface area contributed by atoms with Gasteiger partial charge in [-0.2, -0.15) is 9.97 Å². The number of piperidine rings is 1. The lowest BCUT2D eigenvalue weighted by Gasteiger charge is -2.32. The van der Waals surface area contributed by atoms with Gasteiger partial charge in [0.05, 0.1) is 19.8 Å². The van der Waals surface area contributed by atoms with Gasteiger partial charge in [-0.05, 0) is 54.5 Å². The van der Waals surface area contributed by atoms with Gasteiger partial charge < -0.3 is 19.3 Å². The second kappa shape index (κ2) is 11.9. The first-order chi connectivity index (χ1) is 17.5. The maximum absolute atomic E-state index is 11.2. The molecule has 1 aliphatic heterocycles. The molecule has 1 aliphatic rings. The predicted octanol–water partition coefficient (Wildman–Crippen LogP) is 4.73. The lowest BCUT2D eigenvalue weighted by atomic mass is 9.94. The third-order valence-electron chi connectivity index (χ3n) is 6.63. The summed E-state index contributed by atoms with van der Waals surface area (Å²) >= 11 is 0. The molecular weight excluding hydrogens is 458 g/mol. The molecule has 0 saturated carbocycles. The quantitative estimate of drug-likeness (QED) is 0.435. The Labute approximate surface area is 211 Å². The summed E-state index contributed by atoms with van der Waals surface area (Å²) in [5, 5.41) is 9.17. The molecule has 0 aliphatic carbocycles. The Hall–Kier alpha value is -3.65. The van der Waals surface area contributed by atoms with E-state index in [4.69, 9.17) is 19.3 Å². The Kier molecular flexibility index (Phi) is 8.38. The van der Waals surface area contributed by atoms with Gasteiger partial charge in [-0.1, -0.05) is 48.5 Å². The highest BCUT2D eigenvalue weighted by Gasteiger charge is 2.26. The van der Waals surface area contributed by atoms with Crippen LogP contribution in [-0.2, 0) is 17.9 Å². The van der Waals surface area contributed by atoms with Crippen LogP contribution in [0.5, 0.6) is 17.8 Å². The van der Waals surface area contributed by atoms with Gasteiger partial charge in [0, 0.05) is 19.5 Å². The van der Waals surface area contributed by atoms with Crippen LogP contribution in [0.1, 0.15) is 36.0 Å². The van der Waals surface area contributed by atoms with Crippen molar-refractivity contribution in [2.45, 2.75) is 39.3 Å². The molecular formula is C28H33N3O5. The highest BCUT2D eigenvalue weighted by atomic mass is 16.5. The second-order valence-electron chi connectivity index (χ2n) is 9.09. The second-order valence-corrected chi connectivity index (χ2v) is 9.09. The molecule has 1 N–H and O–H groups in total. The Morgan fingerprint density at radius 3 is 2.44 bits per heavy atom. The van der Waals surface area contributed by atoms with Crippen LogP contribution >= 0.6 is 0 Å². The van der Waals surface area contributed by atoms with Crippen molar-refractivity contribution in [3.63, 3.8) is 0 Å². The van der Waals surface area contributed by atoms with E-state index in [1.54, 1.807) is 14.2 Å². The third-order valence-corrected chi connectivity index (χ3v) is 6.63. The van der Waals surface area contributed by atoms with E-state index in [1.807, 2.05) is 30.3 Å². The van der Waals surface area contributed by atoms with E-state index in [0.717, 1.165) is 47.2 Å². The Balaban J connectivity index is 1.50. The topological polar surface area (TPSA) is 94.0 Å². The minimum Gasteiger partial charge on any atom is -0.481 e. The molecule has 3 aromatic rings. The minimum atomic E-state index is -0.758. The number of nitrogens with zero attached hydrogens (tertiary/aromatic N) is 3. The molecule has 2 aromatic carbocycles. The molecule has 190 valence electrons. The molecule has 8 nitrogen and oxygen atoms in total. The van der Waals surface area contributed by atoms with E-state index in [1.165, 1.54) is 0 Å². The van der Waals surface area contributed by atoms with E-state index in [0.29, 0.717) is 31.5 Å². The average Bonchev–Trinajstić information content (AvgIpc) is 2.89. The van der Waals surface area contributed by atoms with Crippen LogP contribution in [0, 0.1) is 12.8 Å². The van der Waals surface area contributed by atoms with Gasteiger partial charge in [-0.25, -0.2) is 0 Å². The van der Waals surface area contributed by atoms with E-state index < -0.39 is 5.97 Å². The van der Waals surface area contributed by atoms with Crippen molar-refractivity contribution in [3.05, 3.63) is 65.2 Å². The fraction of sp³-hybridized carbons (Fsp3) is 0.393. The monoisotopic (exact) mass is 491 g/mol. The van der Waals surface area contributed by atoms with Crippen LogP contribution in [0.4, 0.5) is 0 Å². The summed E-state index contributed by atoms with van der Waals surface area (Å²) in [5.74, 6) is 0.164. The lowest BCUT2D eigenvalue weighted by Crippen LogP contribution is -2.36. The summed E-state index contributed by atoms with van der Waals surface area (Å²) in [6, 6.07) is 16.6. The van der Waals surface area contributed by atoms with Crippen molar-refractivity contribution in [1.82, 2.24) is 14.9 Å². The number of likely N-dealkylation sites (tertiary alicyclic amines) is 1. The van der Waals surface area contributed by atoms with Gasteiger partial charge in [0.25, 0.3) is 0 Å². The van der Waals surface area contributed by atoms with Crippen molar-refractivity contribution >= 4 is 5.97 Å². The number of benzene rings is 2. The average molecular weight is 492 g/mol. The molecule has 36 heavy (non-hydrogen) atoms. The first kappa shape index (κ1) is 25.4. The number of carboxylic acid groups (broad SMARTS) is 1. The number of aromatic nitrogens is 2. The van der Waals surface area contributed by atoms with E-state index in [2.05, 4.69) is 40.0 Å². The summed E-state index contributed by atoms with van der Waals surface area (Å²) < 4.78 is 17.2. The van der Waals surface area contributed by atoms with Crippen LogP contribution in [0.25, 0.3) is 11.1 Å². The van der Waals surface area contributed by atoms with Gasteiger partial charge in [-0.3, -0.25) is 9.69 Å². The maximum Gasteiger partial charge on any atom is 0.323 e. The Morgan fingerprint density at radius 1 is 1.06 bits per heavy atom. The third kappa shape index (κ3) is 6.12.